The van der Waals surface area contributed by atoms with Gasteiger partial charge in [-0.2, -0.15) is 26.3 Å². The second kappa shape index (κ2) is 7.40. The van der Waals surface area contributed by atoms with Crippen LogP contribution in [-0.2, 0) is 10.3 Å². The molecule has 0 aromatic heterocycles. The van der Waals surface area contributed by atoms with Gasteiger partial charge in [-0.15, -0.1) is 0 Å². The van der Waals surface area contributed by atoms with Crippen molar-refractivity contribution < 1.29 is 45.8 Å². The Morgan fingerprint density at radius 3 is 2.08 bits per heavy atom. The second-order valence-electron chi connectivity index (χ2n) is 4.94. The predicted octanol–water partition coefficient (Wildman–Crippen LogP) is 2.93. The highest BCUT2D eigenvalue weighted by atomic mass is 19.4. The van der Waals surface area contributed by atoms with Crippen molar-refractivity contribution in [3.63, 3.8) is 0 Å². The SMILES string of the molecule is CCNC(=O)Nc1ccc(C(O)(C(F)(F)F)C(F)(F)F)cc1C(=O)OC. The number of halogens is 6. The zero-order valence-electron chi connectivity index (χ0n) is 13.4. The van der Waals surface area contributed by atoms with Gasteiger partial charge in [0, 0.05) is 12.1 Å². The van der Waals surface area contributed by atoms with Gasteiger partial charge in [-0.05, 0) is 19.1 Å². The van der Waals surface area contributed by atoms with Crippen LogP contribution in [0, 0.1) is 0 Å². The monoisotopic (exact) mass is 388 g/mol. The number of anilines is 1. The minimum atomic E-state index is -6.12. The first-order chi connectivity index (χ1) is 11.8. The van der Waals surface area contributed by atoms with E-state index >= 15 is 0 Å². The second-order valence-corrected chi connectivity index (χ2v) is 4.94. The molecule has 0 bridgehead atoms. The summed E-state index contributed by atoms with van der Waals surface area (Å²) in [6.07, 6.45) is -12.2. The number of carbonyl (C=O) groups is 2. The van der Waals surface area contributed by atoms with Gasteiger partial charge in [0.25, 0.3) is 5.60 Å². The largest absolute Gasteiger partial charge is 0.465 e. The van der Waals surface area contributed by atoms with E-state index in [2.05, 4.69) is 15.4 Å². The number of esters is 1. The van der Waals surface area contributed by atoms with Crippen LogP contribution in [0.15, 0.2) is 18.2 Å². The maximum Gasteiger partial charge on any atom is 0.430 e. The van der Waals surface area contributed by atoms with Crippen molar-refractivity contribution in [3.05, 3.63) is 29.3 Å². The molecule has 0 radical (unpaired) electrons. The van der Waals surface area contributed by atoms with Crippen molar-refractivity contribution in [3.8, 4) is 0 Å². The Hall–Kier alpha value is -2.50. The maximum absolute atomic E-state index is 12.9. The van der Waals surface area contributed by atoms with Gasteiger partial charge in [0.05, 0.1) is 18.4 Å². The number of benzene rings is 1. The summed E-state index contributed by atoms with van der Waals surface area (Å²) in [6, 6.07) is 0.232. The quantitative estimate of drug-likeness (QED) is 0.547. The van der Waals surface area contributed by atoms with Crippen LogP contribution in [0.25, 0.3) is 0 Å². The number of hydrogen-bond donors (Lipinski definition) is 3. The summed E-state index contributed by atoms with van der Waals surface area (Å²) < 4.78 is 82.0. The Morgan fingerprint density at radius 2 is 1.65 bits per heavy atom. The number of nitrogens with one attached hydrogen (secondary N) is 2. The lowest BCUT2D eigenvalue weighted by Gasteiger charge is -2.33. The van der Waals surface area contributed by atoms with E-state index in [1.54, 1.807) is 6.92 Å². The molecule has 0 aliphatic carbocycles. The van der Waals surface area contributed by atoms with Crippen molar-refractivity contribution in [1.82, 2.24) is 5.32 Å². The number of amides is 2. The molecular formula is C14H14F6N2O4. The number of carbonyl (C=O) groups excluding carboxylic acids is 2. The Morgan fingerprint density at radius 1 is 1.12 bits per heavy atom. The highest BCUT2D eigenvalue weighted by Gasteiger charge is 2.71. The molecule has 3 N–H and O–H groups in total. The lowest BCUT2D eigenvalue weighted by molar-refractivity contribution is -0.376. The molecule has 1 aromatic carbocycles. The molecule has 0 saturated heterocycles. The molecule has 6 nitrogen and oxygen atoms in total. The Bertz CT molecular complexity index is 673. The number of alkyl halides is 6. The summed E-state index contributed by atoms with van der Waals surface area (Å²) in [5, 5.41) is 13.7. The molecule has 26 heavy (non-hydrogen) atoms. The van der Waals surface area contributed by atoms with Gasteiger partial charge < -0.3 is 20.5 Å². The van der Waals surface area contributed by atoms with Gasteiger partial charge in [0.1, 0.15) is 0 Å². The highest BCUT2D eigenvalue weighted by molar-refractivity contribution is 6.01. The fourth-order valence-electron chi connectivity index (χ4n) is 1.97. The van der Waals surface area contributed by atoms with Crippen molar-refractivity contribution in [2.45, 2.75) is 24.9 Å². The van der Waals surface area contributed by atoms with Crippen LogP contribution in [0.4, 0.5) is 36.8 Å². The fourth-order valence-corrected chi connectivity index (χ4v) is 1.97. The summed E-state index contributed by atoms with van der Waals surface area (Å²) >= 11 is 0. The third-order valence-electron chi connectivity index (χ3n) is 3.25. The number of urea groups is 1. The van der Waals surface area contributed by atoms with Crippen LogP contribution in [0.2, 0.25) is 0 Å². The minimum Gasteiger partial charge on any atom is -0.465 e. The molecule has 0 atom stereocenters. The molecule has 1 rings (SSSR count). The van der Waals surface area contributed by atoms with E-state index in [1.807, 2.05) is 0 Å². The van der Waals surface area contributed by atoms with Crippen LogP contribution in [0.3, 0.4) is 0 Å². The predicted molar refractivity (Wildman–Crippen MR) is 76.5 cm³/mol. The average molecular weight is 388 g/mol. The number of aliphatic hydroxyl groups is 1. The molecular weight excluding hydrogens is 374 g/mol. The molecule has 0 aliphatic heterocycles. The number of ether oxygens (including phenoxy) is 1. The van der Waals surface area contributed by atoms with Crippen LogP contribution >= 0.6 is 0 Å². The molecule has 1 aromatic rings. The Balaban J connectivity index is 3.56. The first-order valence-electron chi connectivity index (χ1n) is 6.93. The standard InChI is InChI=1S/C14H14F6N2O4/c1-3-21-11(24)22-9-5-4-7(6-8(9)10(23)26-2)12(25,13(15,16)17)14(18,19)20/h4-6,25H,3H2,1-2H3,(H2,21,22,24). The van der Waals surface area contributed by atoms with Crippen LogP contribution in [-0.4, -0.2) is 43.1 Å². The van der Waals surface area contributed by atoms with Crippen LogP contribution < -0.4 is 10.6 Å². The maximum atomic E-state index is 12.9. The van der Waals surface area contributed by atoms with Gasteiger partial charge in [0.15, 0.2) is 0 Å². The first kappa shape index (κ1) is 21.5. The van der Waals surface area contributed by atoms with E-state index in [4.69, 9.17) is 0 Å². The molecule has 146 valence electrons. The molecule has 0 spiro atoms. The summed E-state index contributed by atoms with van der Waals surface area (Å²) in [6.45, 7) is 1.72. The third kappa shape index (κ3) is 4.00. The normalized spacial score (nSPS) is 12.5. The van der Waals surface area contributed by atoms with E-state index in [-0.39, 0.29) is 12.6 Å². The molecule has 0 fully saturated rings. The topological polar surface area (TPSA) is 87.7 Å². The summed E-state index contributed by atoms with van der Waals surface area (Å²) in [7, 11) is 0.838. The molecule has 0 aliphatic rings. The Kier molecular flexibility index (Phi) is 6.13. The molecule has 12 heteroatoms. The third-order valence-corrected chi connectivity index (χ3v) is 3.25. The zero-order chi connectivity index (χ0) is 20.3. The lowest BCUT2D eigenvalue weighted by Crippen LogP contribution is -2.54. The molecule has 0 heterocycles. The van der Waals surface area contributed by atoms with E-state index in [1.165, 1.54) is 0 Å². The first-order valence-corrected chi connectivity index (χ1v) is 6.93. The Labute approximate surface area is 143 Å². The summed E-state index contributed by atoms with van der Waals surface area (Å²) in [4.78, 5) is 23.2. The zero-order valence-corrected chi connectivity index (χ0v) is 13.4. The average Bonchev–Trinajstić information content (AvgIpc) is 2.51. The fraction of sp³-hybridized carbons (Fsp3) is 0.429. The lowest BCUT2D eigenvalue weighted by atomic mass is 9.90. The van der Waals surface area contributed by atoms with Gasteiger partial charge in [-0.25, -0.2) is 9.59 Å². The van der Waals surface area contributed by atoms with Crippen molar-refractivity contribution in [1.29, 1.82) is 0 Å². The molecule has 2 amide bonds. The summed E-state index contributed by atoms with van der Waals surface area (Å²) in [5.41, 5.74) is -8.08. The van der Waals surface area contributed by atoms with Crippen molar-refractivity contribution >= 4 is 17.7 Å². The van der Waals surface area contributed by atoms with E-state index in [0.717, 1.165) is 7.11 Å². The van der Waals surface area contributed by atoms with E-state index in [9.17, 15) is 41.0 Å². The van der Waals surface area contributed by atoms with Gasteiger partial charge in [-0.1, -0.05) is 6.07 Å². The van der Waals surface area contributed by atoms with Gasteiger partial charge >= 0.3 is 24.4 Å². The smallest absolute Gasteiger partial charge is 0.430 e. The molecule has 0 unspecified atom stereocenters. The van der Waals surface area contributed by atoms with Crippen LogP contribution in [0.1, 0.15) is 22.8 Å². The molecule has 0 saturated carbocycles. The number of hydrogen-bond acceptors (Lipinski definition) is 4. The van der Waals surface area contributed by atoms with E-state index < -0.39 is 46.8 Å². The highest BCUT2D eigenvalue weighted by Crippen LogP contribution is 2.50. The van der Waals surface area contributed by atoms with Crippen LogP contribution in [0.5, 0.6) is 0 Å². The van der Waals surface area contributed by atoms with E-state index in [0.29, 0.717) is 12.1 Å². The summed E-state index contributed by atoms with van der Waals surface area (Å²) in [5.74, 6) is -1.31. The van der Waals surface area contributed by atoms with Crippen molar-refractivity contribution in [2.75, 3.05) is 19.0 Å². The van der Waals surface area contributed by atoms with Gasteiger partial charge in [-0.3, -0.25) is 0 Å². The number of rotatable bonds is 4. The number of methoxy groups -OCH3 is 1. The minimum absolute atomic E-state index is 0.161. The van der Waals surface area contributed by atoms with Crippen molar-refractivity contribution in [2.24, 2.45) is 0 Å². The van der Waals surface area contributed by atoms with Gasteiger partial charge in [0.2, 0.25) is 0 Å².